The molecule has 0 saturated carbocycles. The standard InChI is InChI=1S/C19H21NO/c1-2-4-14-6-8-15(9-7-14)19(21)17-10-11-18-16(13-17)5-3-12-20-18/h6-11,13,20H,2-5,12H2,1H3. The van der Waals surface area contributed by atoms with Crippen LogP contribution in [0.15, 0.2) is 42.5 Å². The Bertz CT molecular complexity index is 643. The van der Waals surface area contributed by atoms with Crippen molar-refractivity contribution in [1.82, 2.24) is 0 Å². The highest BCUT2D eigenvalue weighted by molar-refractivity contribution is 6.09. The first-order valence-electron chi connectivity index (χ1n) is 7.78. The van der Waals surface area contributed by atoms with Crippen LogP contribution in [0, 0.1) is 0 Å². The van der Waals surface area contributed by atoms with Crippen molar-refractivity contribution in [1.29, 1.82) is 0 Å². The van der Waals surface area contributed by atoms with Gasteiger partial charge in [-0.25, -0.2) is 0 Å². The molecule has 21 heavy (non-hydrogen) atoms. The SMILES string of the molecule is CCCc1ccc(C(=O)c2ccc3c(c2)CCCN3)cc1. The van der Waals surface area contributed by atoms with E-state index in [1.807, 2.05) is 30.3 Å². The van der Waals surface area contributed by atoms with Gasteiger partial charge in [-0.1, -0.05) is 37.6 Å². The number of rotatable bonds is 4. The van der Waals surface area contributed by atoms with Gasteiger partial charge in [0.25, 0.3) is 0 Å². The molecule has 0 saturated heterocycles. The second kappa shape index (κ2) is 6.13. The molecule has 0 radical (unpaired) electrons. The average molecular weight is 279 g/mol. The number of hydrogen-bond acceptors (Lipinski definition) is 2. The van der Waals surface area contributed by atoms with Crippen molar-refractivity contribution in [2.75, 3.05) is 11.9 Å². The van der Waals surface area contributed by atoms with E-state index in [9.17, 15) is 4.79 Å². The van der Waals surface area contributed by atoms with Gasteiger partial charge in [-0.05, 0) is 48.6 Å². The van der Waals surface area contributed by atoms with E-state index in [4.69, 9.17) is 0 Å². The van der Waals surface area contributed by atoms with Crippen LogP contribution in [0.25, 0.3) is 0 Å². The molecule has 0 bridgehead atoms. The maximum atomic E-state index is 12.6. The molecular formula is C19H21NO. The normalized spacial score (nSPS) is 13.4. The van der Waals surface area contributed by atoms with Crippen LogP contribution < -0.4 is 5.32 Å². The van der Waals surface area contributed by atoms with Gasteiger partial charge in [0, 0.05) is 23.4 Å². The first-order chi connectivity index (χ1) is 10.3. The van der Waals surface area contributed by atoms with E-state index in [-0.39, 0.29) is 5.78 Å². The predicted octanol–water partition coefficient (Wildman–Crippen LogP) is 4.23. The molecule has 0 atom stereocenters. The Morgan fingerprint density at radius 1 is 1.10 bits per heavy atom. The molecule has 0 amide bonds. The fraction of sp³-hybridized carbons (Fsp3) is 0.316. The third-order valence-corrected chi connectivity index (χ3v) is 4.06. The highest BCUT2D eigenvalue weighted by Crippen LogP contribution is 2.24. The number of fused-ring (bicyclic) bond motifs is 1. The third kappa shape index (κ3) is 2.99. The molecule has 0 spiro atoms. The lowest BCUT2D eigenvalue weighted by Crippen LogP contribution is -2.12. The van der Waals surface area contributed by atoms with E-state index in [1.54, 1.807) is 0 Å². The molecule has 2 nitrogen and oxygen atoms in total. The molecule has 0 fully saturated rings. The summed E-state index contributed by atoms with van der Waals surface area (Å²) in [5, 5.41) is 3.38. The number of carbonyl (C=O) groups is 1. The summed E-state index contributed by atoms with van der Waals surface area (Å²) < 4.78 is 0. The summed E-state index contributed by atoms with van der Waals surface area (Å²) in [6, 6.07) is 14.0. The lowest BCUT2D eigenvalue weighted by molar-refractivity contribution is 0.103. The molecular weight excluding hydrogens is 258 g/mol. The van der Waals surface area contributed by atoms with Crippen molar-refractivity contribution in [2.24, 2.45) is 0 Å². The van der Waals surface area contributed by atoms with Gasteiger partial charge in [0.2, 0.25) is 0 Å². The van der Waals surface area contributed by atoms with Crippen LogP contribution in [0.4, 0.5) is 5.69 Å². The maximum Gasteiger partial charge on any atom is 0.193 e. The number of ketones is 1. The number of nitrogens with one attached hydrogen (secondary N) is 1. The van der Waals surface area contributed by atoms with Gasteiger partial charge in [0.05, 0.1) is 0 Å². The quantitative estimate of drug-likeness (QED) is 0.849. The van der Waals surface area contributed by atoms with Crippen molar-refractivity contribution < 1.29 is 4.79 Å². The summed E-state index contributed by atoms with van der Waals surface area (Å²) in [6.45, 7) is 3.19. The maximum absolute atomic E-state index is 12.6. The van der Waals surface area contributed by atoms with Crippen molar-refractivity contribution in [3.8, 4) is 0 Å². The highest BCUT2D eigenvalue weighted by Gasteiger charge is 2.13. The smallest absolute Gasteiger partial charge is 0.193 e. The first kappa shape index (κ1) is 13.9. The minimum Gasteiger partial charge on any atom is -0.385 e. The van der Waals surface area contributed by atoms with E-state index < -0.39 is 0 Å². The molecule has 0 unspecified atom stereocenters. The van der Waals surface area contributed by atoms with Crippen molar-refractivity contribution in [3.63, 3.8) is 0 Å². The predicted molar refractivity (Wildman–Crippen MR) is 87.1 cm³/mol. The lowest BCUT2D eigenvalue weighted by Gasteiger charge is -2.18. The zero-order chi connectivity index (χ0) is 14.7. The molecule has 1 aliphatic rings. The van der Waals surface area contributed by atoms with E-state index in [0.29, 0.717) is 0 Å². The van der Waals surface area contributed by atoms with Crippen LogP contribution in [0.5, 0.6) is 0 Å². The molecule has 1 N–H and O–H groups in total. The van der Waals surface area contributed by atoms with Crippen molar-refractivity contribution >= 4 is 11.5 Å². The molecule has 0 aromatic heterocycles. The topological polar surface area (TPSA) is 29.1 Å². The van der Waals surface area contributed by atoms with Crippen LogP contribution in [0.2, 0.25) is 0 Å². The van der Waals surface area contributed by atoms with Gasteiger partial charge in [0.15, 0.2) is 5.78 Å². The van der Waals surface area contributed by atoms with Crippen molar-refractivity contribution in [3.05, 3.63) is 64.7 Å². The second-order valence-corrected chi connectivity index (χ2v) is 5.68. The number of hydrogen-bond donors (Lipinski definition) is 1. The Hall–Kier alpha value is -2.09. The van der Waals surface area contributed by atoms with Crippen LogP contribution in [-0.4, -0.2) is 12.3 Å². The van der Waals surface area contributed by atoms with Gasteiger partial charge >= 0.3 is 0 Å². The Labute approximate surface area is 126 Å². The monoisotopic (exact) mass is 279 g/mol. The van der Waals surface area contributed by atoms with Crippen LogP contribution in [0.3, 0.4) is 0 Å². The first-order valence-corrected chi connectivity index (χ1v) is 7.78. The molecule has 1 aliphatic heterocycles. The molecule has 108 valence electrons. The second-order valence-electron chi connectivity index (χ2n) is 5.68. The van der Waals surface area contributed by atoms with Crippen LogP contribution in [-0.2, 0) is 12.8 Å². The van der Waals surface area contributed by atoms with Crippen LogP contribution in [0.1, 0.15) is 46.8 Å². The summed E-state index contributed by atoms with van der Waals surface area (Å²) in [5.74, 6) is 0.117. The van der Waals surface area contributed by atoms with Crippen LogP contribution >= 0.6 is 0 Å². The lowest BCUT2D eigenvalue weighted by atomic mass is 9.96. The number of anilines is 1. The molecule has 2 heteroatoms. The van der Waals surface area contributed by atoms with Crippen molar-refractivity contribution in [2.45, 2.75) is 32.6 Å². The van der Waals surface area contributed by atoms with Gasteiger partial charge in [0.1, 0.15) is 0 Å². The summed E-state index contributed by atoms with van der Waals surface area (Å²) in [7, 11) is 0. The Morgan fingerprint density at radius 3 is 2.62 bits per heavy atom. The summed E-state index contributed by atoms with van der Waals surface area (Å²) >= 11 is 0. The third-order valence-electron chi connectivity index (χ3n) is 4.06. The fourth-order valence-electron chi connectivity index (χ4n) is 2.89. The molecule has 2 aromatic carbocycles. The Kier molecular flexibility index (Phi) is 4.05. The molecule has 2 aromatic rings. The summed E-state index contributed by atoms with van der Waals surface area (Å²) in [4.78, 5) is 12.6. The zero-order valence-corrected chi connectivity index (χ0v) is 12.5. The van der Waals surface area contributed by atoms with E-state index in [2.05, 4.69) is 24.4 Å². The van der Waals surface area contributed by atoms with Gasteiger partial charge in [-0.3, -0.25) is 4.79 Å². The fourth-order valence-corrected chi connectivity index (χ4v) is 2.89. The summed E-state index contributed by atoms with van der Waals surface area (Å²) in [6.07, 6.45) is 4.39. The number of aryl methyl sites for hydroxylation is 2. The average Bonchev–Trinajstić information content (AvgIpc) is 2.55. The van der Waals surface area contributed by atoms with Gasteiger partial charge < -0.3 is 5.32 Å². The zero-order valence-electron chi connectivity index (χ0n) is 12.5. The van der Waals surface area contributed by atoms with Gasteiger partial charge in [-0.15, -0.1) is 0 Å². The Morgan fingerprint density at radius 2 is 1.86 bits per heavy atom. The Balaban J connectivity index is 1.84. The summed E-state index contributed by atoms with van der Waals surface area (Å²) in [5.41, 5.74) is 5.30. The number of carbonyl (C=O) groups excluding carboxylic acids is 1. The van der Waals surface area contributed by atoms with E-state index in [0.717, 1.165) is 43.4 Å². The molecule has 0 aliphatic carbocycles. The minimum absolute atomic E-state index is 0.117. The van der Waals surface area contributed by atoms with E-state index in [1.165, 1.54) is 16.8 Å². The molecule has 1 heterocycles. The van der Waals surface area contributed by atoms with Gasteiger partial charge in [-0.2, -0.15) is 0 Å². The minimum atomic E-state index is 0.117. The molecule has 3 rings (SSSR count). The number of benzene rings is 2. The largest absolute Gasteiger partial charge is 0.385 e. The van der Waals surface area contributed by atoms with E-state index >= 15 is 0 Å². The highest BCUT2D eigenvalue weighted by atomic mass is 16.1.